The summed E-state index contributed by atoms with van der Waals surface area (Å²) in [7, 11) is 0. The molecule has 3 fully saturated rings. The highest BCUT2D eigenvalue weighted by Gasteiger charge is 2.40. The quantitative estimate of drug-likeness (QED) is 0.346. The molecule has 3 heterocycles. The maximum atomic E-state index is 11.9. The van der Waals surface area contributed by atoms with Gasteiger partial charge in [0, 0.05) is 43.6 Å². The van der Waals surface area contributed by atoms with Gasteiger partial charge in [-0.3, -0.25) is 14.5 Å². The van der Waals surface area contributed by atoms with Crippen LogP contribution in [0.1, 0.15) is 80.1 Å². The molecule has 1 amide bonds. The van der Waals surface area contributed by atoms with Gasteiger partial charge >= 0.3 is 5.97 Å². The Hall–Kier alpha value is -2.82. The van der Waals surface area contributed by atoms with Crippen molar-refractivity contribution < 1.29 is 29.3 Å². The lowest BCUT2D eigenvalue weighted by Gasteiger charge is -2.43. The van der Waals surface area contributed by atoms with Crippen LogP contribution in [0.5, 0.6) is 0 Å². The first kappa shape index (κ1) is 30.6. The second-order valence-electron chi connectivity index (χ2n) is 12.0. The molecule has 228 valence electrons. The number of carbonyl (C=O) groups is 2. The number of carbonyl (C=O) groups excluding carboxylic acids is 1. The van der Waals surface area contributed by atoms with Crippen LogP contribution in [0, 0.1) is 5.92 Å². The van der Waals surface area contributed by atoms with Crippen molar-refractivity contribution in [2.24, 2.45) is 5.92 Å². The number of hydrogen-bond donors (Lipinski definition) is 3. The fourth-order valence-corrected chi connectivity index (χ4v) is 6.47. The third-order valence-electron chi connectivity index (χ3n) is 9.01. The predicted octanol–water partition coefficient (Wildman–Crippen LogP) is 4.01. The van der Waals surface area contributed by atoms with Gasteiger partial charge < -0.3 is 29.9 Å². The number of carboxylic acids is 1. The molecular weight excluding hydrogens is 534 g/mol. The highest BCUT2D eigenvalue weighted by molar-refractivity contribution is 5.80. The molecule has 3 N–H and O–H groups in total. The molecule has 2 aromatic rings. The van der Waals surface area contributed by atoms with Gasteiger partial charge in [-0.05, 0) is 62.0 Å². The fraction of sp³-hybridized carbons (Fsp3) is 0.576. The van der Waals surface area contributed by atoms with E-state index in [-0.39, 0.29) is 43.5 Å². The number of aliphatic hydroxyl groups is 1. The van der Waals surface area contributed by atoms with Crippen LogP contribution in [0.25, 0.3) is 0 Å². The van der Waals surface area contributed by atoms with Crippen LogP contribution in [0.15, 0.2) is 48.5 Å². The average Bonchev–Trinajstić information content (AvgIpc) is 3.69. The van der Waals surface area contributed by atoms with E-state index in [1.54, 1.807) is 0 Å². The highest BCUT2D eigenvalue weighted by atomic mass is 16.7. The van der Waals surface area contributed by atoms with E-state index >= 15 is 0 Å². The largest absolute Gasteiger partial charge is 0.481 e. The van der Waals surface area contributed by atoms with Crippen LogP contribution in [-0.4, -0.2) is 76.8 Å². The van der Waals surface area contributed by atoms with Gasteiger partial charge in [-0.2, -0.15) is 0 Å². The molecule has 0 unspecified atom stereocenters. The highest BCUT2D eigenvalue weighted by Crippen LogP contribution is 2.42. The number of rotatable bonds is 12. The van der Waals surface area contributed by atoms with E-state index in [0.29, 0.717) is 12.6 Å². The Balaban J connectivity index is 1.29. The number of amides is 1. The zero-order chi connectivity index (χ0) is 29.5. The number of aliphatic hydroxyl groups excluding tert-OH is 1. The lowest BCUT2D eigenvalue weighted by Crippen LogP contribution is -2.48. The molecular formula is C33H45N3O6. The number of aliphatic carboxylic acids is 1. The second kappa shape index (κ2) is 14.6. The van der Waals surface area contributed by atoms with Gasteiger partial charge in [0.15, 0.2) is 6.29 Å². The zero-order valence-electron chi connectivity index (χ0n) is 24.6. The minimum Gasteiger partial charge on any atom is -0.481 e. The van der Waals surface area contributed by atoms with Crippen molar-refractivity contribution in [1.29, 1.82) is 0 Å². The molecule has 3 aliphatic heterocycles. The van der Waals surface area contributed by atoms with Crippen molar-refractivity contribution in [3.8, 4) is 0 Å². The summed E-state index contributed by atoms with van der Waals surface area (Å²) in [4.78, 5) is 27.9. The van der Waals surface area contributed by atoms with E-state index in [1.807, 2.05) is 48.5 Å². The Morgan fingerprint density at radius 1 is 0.881 bits per heavy atom. The number of benzene rings is 2. The van der Waals surface area contributed by atoms with E-state index < -0.39 is 12.3 Å². The van der Waals surface area contributed by atoms with Gasteiger partial charge in [-0.25, -0.2) is 0 Å². The molecule has 0 spiro atoms. The van der Waals surface area contributed by atoms with Gasteiger partial charge in [-0.1, -0.05) is 55.5 Å². The third-order valence-corrected chi connectivity index (χ3v) is 9.01. The van der Waals surface area contributed by atoms with Crippen molar-refractivity contribution in [2.45, 2.75) is 83.1 Å². The molecule has 0 bridgehead atoms. The normalized spacial score (nSPS) is 26.9. The second-order valence-corrected chi connectivity index (χ2v) is 12.0. The standard InChI is InChI=1S/C33H45N3O6/c1-23-29(21-36-18-4-5-28(36)20-35-16-2-3-17-35)41-33(42-32(23)26-10-8-25(22-37)9-11-26)27-12-6-24(7-13-27)19-34-30(38)14-15-31(39)40/h6-13,23,28-29,32-33,37H,2-5,14-22H2,1H3,(H,34,38)(H,39,40)/t23-,28+,29+,32+,33+/m1/s1. The van der Waals surface area contributed by atoms with Crippen LogP contribution in [0.4, 0.5) is 0 Å². The molecule has 5 atom stereocenters. The summed E-state index contributed by atoms with van der Waals surface area (Å²) in [6.45, 7) is 8.08. The van der Waals surface area contributed by atoms with Crippen molar-refractivity contribution in [2.75, 3.05) is 32.7 Å². The third kappa shape index (κ3) is 7.96. The summed E-state index contributed by atoms with van der Waals surface area (Å²) < 4.78 is 13.3. The van der Waals surface area contributed by atoms with E-state index in [2.05, 4.69) is 22.0 Å². The van der Waals surface area contributed by atoms with Gasteiger partial charge in [0.1, 0.15) is 0 Å². The Labute approximate surface area is 248 Å². The predicted molar refractivity (Wildman–Crippen MR) is 158 cm³/mol. The molecule has 5 rings (SSSR count). The Morgan fingerprint density at radius 3 is 2.26 bits per heavy atom. The average molecular weight is 580 g/mol. The smallest absolute Gasteiger partial charge is 0.303 e. The van der Waals surface area contributed by atoms with Crippen molar-refractivity contribution in [3.63, 3.8) is 0 Å². The van der Waals surface area contributed by atoms with E-state index in [1.165, 1.54) is 38.8 Å². The van der Waals surface area contributed by atoms with E-state index in [4.69, 9.17) is 14.6 Å². The number of nitrogens with zero attached hydrogens (tertiary/aromatic N) is 2. The number of hydrogen-bond acceptors (Lipinski definition) is 7. The molecule has 9 heteroatoms. The van der Waals surface area contributed by atoms with Crippen LogP contribution < -0.4 is 5.32 Å². The molecule has 3 aliphatic rings. The number of ether oxygens (including phenoxy) is 2. The first-order valence-corrected chi connectivity index (χ1v) is 15.4. The summed E-state index contributed by atoms with van der Waals surface area (Å²) in [5, 5.41) is 21.1. The summed E-state index contributed by atoms with van der Waals surface area (Å²) in [5.74, 6) is -1.13. The van der Waals surface area contributed by atoms with Crippen LogP contribution in [0.3, 0.4) is 0 Å². The van der Waals surface area contributed by atoms with Crippen molar-refractivity contribution in [3.05, 3.63) is 70.8 Å². The molecule has 0 aromatic heterocycles. The first-order chi connectivity index (χ1) is 20.4. The molecule has 0 radical (unpaired) electrons. The van der Waals surface area contributed by atoms with Gasteiger partial charge in [0.25, 0.3) is 0 Å². The topological polar surface area (TPSA) is 112 Å². The Kier molecular flexibility index (Phi) is 10.6. The summed E-state index contributed by atoms with van der Waals surface area (Å²) in [6.07, 6.45) is 4.15. The van der Waals surface area contributed by atoms with E-state index in [9.17, 15) is 14.7 Å². The minimum atomic E-state index is -0.982. The molecule has 0 saturated carbocycles. The molecule has 0 aliphatic carbocycles. The maximum absolute atomic E-state index is 11.9. The number of carboxylic acid groups (broad SMARTS) is 1. The molecule has 42 heavy (non-hydrogen) atoms. The van der Waals surface area contributed by atoms with Gasteiger partial charge in [0.05, 0.1) is 25.2 Å². The minimum absolute atomic E-state index is 0.00937. The van der Waals surface area contributed by atoms with Crippen molar-refractivity contribution in [1.82, 2.24) is 15.1 Å². The fourth-order valence-electron chi connectivity index (χ4n) is 6.47. The monoisotopic (exact) mass is 579 g/mol. The van der Waals surface area contributed by atoms with Crippen LogP contribution in [-0.2, 0) is 32.2 Å². The molecule has 3 saturated heterocycles. The first-order valence-electron chi connectivity index (χ1n) is 15.4. The van der Waals surface area contributed by atoms with Crippen molar-refractivity contribution >= 4 is 11.9 Å². The maximum Gasteiger partial charge on any atom is 0.303 e. The molecule has 9 nitrogen and oxygen atoms in total. The zero-order valence-corrected chi connectivity index (χ0v) is 24.6. The Morgan fingerprint density at radius 2 is 1.57 bits per heavy atom. The SMILES string of the molecule is C[C@@H]1[C@H](CN2CCC[C@H]2CN2CCCC2)O[C@H](c2ccc(CNC(=O)CCC(=O)O)cc2)O[C@@H]1c1ccc(CO)cc1. The summed E-state index contributed by atoms with van der Waals surface area (Å²) in [5.41, 5.74) is 3.79. The Bertz CT molecular complexity index is 1170. The van der Waals surface area contributed by atoms with Gasteiger partial charge in [-0.15, -0.1) is 0 Å². The van der Waals surface area contributed by atoms with Crippen LogP contribution in [0.2, 0.25) is 0 Å². The number of likely N-dealkylation sites (tertiary alicyclic amines) is 2. The lowest BCUT2D eigenvalue weighted by molar-refractivity contribution is -0.276. The van der Waals surface area contributed by atoms with E-state index in [0.717, 1.165) is 41.9 Å². The van der Waals surface area contributed by atoms with Gasteiger partial charge in [0.2, 0.25) is 5.91 Å². The molecule has 2 aromatic carbocycles. The lowest BCUT2D eigenvalue weighted by atomic mass is 9.90. The summed E-state index contributed by atoms with van der Waals surface area (Å²) in [6, 6.07) is 16.4. The summed E-state index contributed by atoms with van der Waals surface area (Å²) >= 11 is 0. The van der Waals surface area contributed by atoms with Crippen LogP contribution >= 0.6 is 0 Å². The number of nitrogens with one attached hydrogen (secondary N) is 1.